The fraction of sp³-hybridized carbons (Fsp3) is 1.00. The van der Waals surface area contributed by atoms with Crippen LogP contribution in [0.5, 0.6) is 0 Å². The molecule has 4 nitrogen and oxygen atoms in total. The maximum Gasteiger partial charge on any atom is 0.151 e. The van der Waals surface area contributed by atoms with Crippen LogP contribution in [0.2, 0.25) is 0 Å². The van der Waals surface area contributed by atoms with Gasteiger partial charge in [-0.25, -0.2) is 8.42 Å². The molecule has 1 N–H and O–H groups in total. The van der Waals surface area contributed by atoms with Crippen molar-refractivity contribution in [3.8, 4) is 0 Å². The van der Waals surface area contributed by atoms with Crippen LogP contribution in [0.3, 0.4) is 0 Å². The Morgan fingerprint density at radius 3 is 2.94 bits per heavy atom. The van der Waals surface area contributed by atoms with Crippen LogP contribution in [0.25, 0.3) is 0 Å². The van der Waals surface area contributed by atoms with Gasteiger partial charge in [0.2, 0.25) is 0 Å². The van der Waals surface area contributed by atoms with Gasteiger partial charge in [0.1, 0.15) is 0 Å². The molecule has 0 spiro atoms. The molecule has 16 heavy (non-hydrogen) atoms. The molecule has 2 unspecified atom stereocenters. The number of nitrogens with one attached hydrogen (secondary N) is 1. The third-order valence-corrected chi connectivity index (χ3v) is 5.58. The van der Waals surface area contributed by atoms with Gasteiger partial charge in [0.25, 0.3) is 0 Å². The summed E-state index contributed by atoms with van der Waals surface area (Å²) in [5, 5.41) is 3.38. The van der Waals surface area contributed by atoms with E-state index in [1.54, 1.807) is 0 Å². The first-order valence-corrected chi connectivity index (χ1v) is 8.11. The average molecular weight is 246 g/mol. The van der Waals surface area contributed by atoms with Crippen molar-refractivity contribution < 1.29 is 8.42 Å². The Hall–Kier alpha value is -0.130. The van der Waals surface area contributed by atoms with Crippen LogP contribution in [0.1, 0.15) is 26.2 Å². The molecule has 0 aromatic carbocycles. The molecule has 2 saturated heterocycles. The van der Waals surface area contributed by atoms with Crippen molar-refractivity contribution in [2.24, 2.45) is 0 Å². The number of hydrogen-bond donors (Lipinski definition) is 1. The summed E-state index contributed by atoms with van der Waals surface area (Å²) in [5.41, 5.74) is 0. The minimum atomic E-state index is -2.77. The summed E-state index contributed by atoms with van der Waals surface area (Å²) < 4.78 is 23.3. The molecule has 2 aliphatic heterocycles. The third-order valence-electron chi connectivity index (χ3n) is 3.78. The van der Waals surface area contributed by atoms with Gasteiger partial charge in [0.05, 0.1) is 11.5 Å². The zero-order chi connectivity index (χ0) is 11.6. The van der Waals surface area contributed by atoms with Crippen molar-refractivity contribution in [1.82, 2.24) is 10.2 Å². The van der Waals surface area contributed by atoms with E-state index in [1.807, 2.05) is 0 Å². The largest absolute Gasteiger partial charge is 0.314 e. The summed E-state index contributed by atoms with van der Waals surface area (Å²) in [7, 11) is -2.77. The third kappa shape index (κ3) is 2.76. The molecule has 0 aromatic heterocycles. The van der Waals surface area contributed by atoms with Gasteiger partial charge in [0.15, 0.2) is 9.84 Å². The first-order valence-electron chi connectivity index (χ1n) is 6.29. The Kier molecular flexibility index (Phi) is 3.87. The number of hydrogen-bond acceptors (Lipinski definition) is 4. The van der Waals surface area contributed by atoms with Crippen molar-refractivity contribution in [3.05, 3.63) is 0 Å². The predicted molar refractivity (Wildman–Crippen MR) is 65.3 cm³/mol. The van der Waals surface area contributed by atoms with Crippen LogP contribution < -0.4 is 5.32 Å². The number of sulfone groups is 1. The van der Waals surface area contributed by atoms with E-state index < -0.39 is 9.84 Å². The lowest BCUT2D eigenvalue weighted by Crippen LogP contribution is -2.57. The van der Waals surface area contributed by atoms with Gasteiger partial charge in [-0.1, -0.05) is 6.92 Å². The van der Waals surface area contributed by atoms with E-state index >= 15 is 0 Å². The van der Waals surface area contributed by atoms with Crippen molar-refractivity contribution in [2.45, 2.75) is 38.3 Å². The summed E-state index contributed by atoms with van der Waals surface area (Å²) in [6.45, 7) is 5.18. The van der Waals surface area contributed by atoms with Gasteiger partial charge in [-0.05, 0) is 19.3 Å². The van der Waals surface area contributed by atoms with Crippen LogP contribution in [-0.4, -0.2) is 56.5 Å². The molecule has 2 aliphatic rings. The zero-order valence-corrected chi connectivity index (χ0v) is 10.8. The average Bonchev–Trinajstić information content (AvgIpc) is 2.27. The first-order chi connectivity index (χ1) is 7.62. The molecular weight excluding hydrogens is 224 g/mol. The van der Waals surface area contributed by atoms with E-state index in [9.17, 15) is 8.42 Å². The van der Waals surface area contributed by atoms with Crippen LogP contribution in [0.15, 0.2) is 0 Å². The van der Waals surface area contributed by atoms with Gasteiger partial charge in [-0.15, -0.1) is 0 Å². The molecule has 2 heterocycles. The van der Waals surface area contributed by atoms with Gasteiger partial charge in [0, 0.05) is 31.7 Å². The maximum atomic E-state index is 11.7. The molecule has 0 radical (unpaired) electrons. The van der Waals surface area contributed by atoms with E-state index in [0.717, 1.165) is 38.9 Å². The van der Waals surface area contributed by atoms with Crippen LogP contribution >= 0.6 is 0 Å². The molecule has 0 aromatic rings. The molecule has 2 rings (SSSR count). The van der Waals surface area contributed by atoms with Gasteiger partial charge in [-0.2, -0.15) is 0 Å². The standard InChI is InChI=1S/C11H22N2O2S/c1-2-10-8-12-5-6-13(10)11-4-3-7-16(14,15)9-11/h10-12H,2-9H2,1H3. The Labute approximate surface area is 98.3 Å². The van der Waals surface area contributed by atoms with Crippen LogP contribution in [-0.2, 0) is 9.84 Å². The summed E-state index contributed by atoms with van der Waals surface area (Å²) in [6.07, 6.45) is 2.99. The SMILES string of the molecule is CCC1CNCCN1C1CCCS(=O)(=O)C1. The van der Waals surface area contributed by atoms with E-state index in [1.165, 1.54) is 0 Å². The highest BCUT2D eigenvalue weighted by Gasteiger charge is 2.33. The van der Waals surface area contributed by atoms with Crippen molar-refractivity contribution in [1.29, 1.82) is 0 Å². The molecular formula is C11H22N2O2S. The quantitative estimate of drug-likeness (QED) is 0.759. The maximum absolute atomic E-state index is 11.7. The van der Waals surface area contributed by atoms with Gasteiger partial charge < -0.3 is 5.32 Å². The first kappa shape index (κ1) is 12.3. The van der Waals surface area contributed by atoms with Crippen LogP contribution in [0, 0.1) is 0 Å². The normalized spacial score (nSPS) is 36.1. The molecule has 94 valence electrons. The molecule has 5 heteroatoms. The van der Waals surface area contributed by atoms with Gasteiger partial charge in [-0.3, -0.25) is 4.90 Å². The Morgan fingerprint density at radius 2 is 2.25 bits per heavy atom. The molecule has 0 amide bonds. The highest BCUT2D eigenvalue weighted by atomic mass is 32.2. The smallest absolute Gasteiger partial charge is 0.151 e. The highest BCUT2D eigenvalue weighted by Crippen LogP contribution is 2.21. The molecule has 2 fully saturated rings. The zero-order valence-electron chi connectivity index (χ0n) is 9.98. The van der Waals surface area contributed by atoms with E-state index in [2.05, 4.69) is 17.1 Å². The topological polar surface area (TPSA) is 49.4 Å². The number of nitrogens with zero attached hydrogens (tertiary/aromatic N) is 1. The van der Waals surface area contributed by atoms with Crippen molar-refractivity contribution in [2.75, 3.05) is 31.1 Å². The molecule has 0 aliphatic carbocycles. The van der Waals surface area contributed by atoms with Crippen molar-refractivity contribution >= 4 is 9.84 Å². The summed E-state index contributed by atoms with van der Waals surface area (Å²) in [4.78, 5) is 2.42. The Bertz CT molecular complexity index is 329. The molecule has 0 bridgehead atoms. The summed E-state index contributed by atoms with van der Waals surface area (Å²) in [5.74, 6) is 0.774. The monoisotopic (exact) mass is 246 g/mol. The van der Waals surface area contributed by atoms with Crippen molar-refractivity contribution in [3.63, 3.8) is 0 Å². The highest BCUT2D eigenvalue weighted by molar-refractivity contribution is 7.91. The summed E-state index contributed by atoms with van der Waals surface area (Å²) in [6, 6.07) is 0.790. The van der Waals surface area contributed by atoms with Gasteiger partial charge >= 0.3 is 0 Å². The second-order valence-corrected chi connectivity index (χ2v) is 7.14. The van der Waals surface area contributed by atoms with E-state index in [0.29, 0.717) is 17.5 Å². The second kappa shape index (κ2) is 5.02. The number of piperazine rings is 1. The molecule has 2 atom stereocenters. The Balaban J connectivity index is 2.04. The predicted octanol–water partition coefficient (Wildman–Crippen LogP) is 0.247. The minimum absolute atomic E-state index is 0.269. The lowest BCUT2D eigenvalue weighted by Gasteiger charge is -2.42. The van der Waals surface area contributed by atoms with E-state index in [-0.39, 0.29) is 6.04 Å². The van der Waals surface area contributed by atoms with E-state index in [4.69, 9.17) is 0 Å². The summed E-state index contributed by atoms with van der Waals surface area (Å²) >= 11 is 0. The fourth-order valence-electron chi connectivity index (χ4n) is 2.90. The number of rotatable bonds is 2. The molecule has 0 saturated carbocycles. The Morgan fingerprint density at radius 1 is 1.44 bits per heavy atom. The lowest BCUT2D eigenvalue weighted by molar-refractivity contribution is 0.106. The second-order valence-electron chi connectivity index (χ2n) is 4.91. The lowest BCUT2D eigenvalue weighted by atomic mass is 10.0. The van der Waals surface area contributed by atoms with Crippen LogP contribution in [0.4, 0.5) is 0 Å². The fourth-order valence-corrected chi connectivity index (χ4v) is 4.61. The minimum Gasteiger partial charge on any atom is -0.314 e.